The number of rotatable bonds is 8. The lowest BCUT2D eigenvalue weighted by atomic mass is 10.0. The van der Waals surface area contributed by atoms with Crippen LogP contribution in [-0.2, 0) is 0 Å². The van der Waals surface area contributed by atoms with Gasteiger partial charge in [-0.1, -0.05) is 24.6 Å². The first-order chi connectivity index (χ1) is 16.3. The first-order valence-corrected chi connectivity index (χ1v) is 11.6. The van der Waals surface area contributed by atoms with Gasteiger partial charge in [0.25, 0.3) is 0 Å². The maximum Gasteiger partial charge on any atom is 0.129 e. The second-order valence-electron chi connectivity index (χ2n) is 8.81. The van der Waals surface area contributed by atoms with Crippen molar-refractivity contribution in [2.24, 2.45) is 5.73 Å². The smallest absolute Gasteiger partial charge is 0.129 e. The van der Waals surface area contributed by atoms with Gasteiger partial charge < -0.3 is 26.2 Å². The van der Waals surface area contributed by atoms with Crippen molar-refractivity contribution in [3.8, 4) is 12.3 Å². The average Bonchev–Trinajstić information content (AvgIpc) is 2.85. The van der Waals surface area contributed by atoms with Crippen LogP contribution in [0, 0.1) is 19.3 Å². The maximum absolute atomic E-state index is 6.14. The van der Waals surface area contributed by atoms with Crippen molar-refractivity contribution in [2.45, 2.75) is 25.8 Å². The predicted octanol–water partition coefficient (Wildman–Crippen LogP) is 3.63. The van der Waals surface area contributed by atoms with Crippen LogP contribution in [0.1, 0.15) is 35.1 Å². The summed E-state index contributed by atoms with van der Waals surface area (Å²) >= 11 is 0. The van der Waals surface area contributed by atoms with Crippen LogP contribution in [0.4, 0.5) is 5.82 Å². The van der Waals surface area contributed by atoms with Crippen LogP contribution in [0.25, 0.3) is 17.5 Å². The number of nitrogens with two attached hydrogens (primary N) is 1. The molecule has 2 aromatic rings. The first kappa shape index (κ1) is 24.9. The number of anilines is 1. The van der Waals surface area contributed by atoms with Crippen LogP contribution < -0.4 is 21.3 Å². The fraction of sp³-hybridized carbons (Fsp3) is 0.321. The molecule has 1 aromatic carbocycles. The number of piperidine rings is 1. The van der Waals surface area contributed by atoms with Gasteiger partial charge in [-0.15, -0.1) is 6.42 Å². The highest BCUT2D eigenvalue weighted by Crippen LogP contribution is 2.23. The number of nitrogens with zero attached hydrogens (tertiary/aromatic N) is 3. The number of hydrogen-bond acceptors (Lipinski definition) is 6. The number of aryl methyl sites for hydroxylation is 1. The van der Waals surface area contributed by atoms with Gasteiger partial charge in [0.2, 0.25) is 0 Å². The third-order valence-corrected chi connectivity index (χ3v) is 6.34. The number of terminal acetylenes is 1. The highest BCUT2D eigenvalue weighted by Gasteiger charge is 2.21. The highest BCUT2D eigenvalue weighted by molar-refractivity contribution is 5.72. The molecule has 1 fully saturated rings. The number of benzene rings is 1. The van der Waals surface area contributed by atoms with Gasteiger partial charge in [0.15, 0.2) is 0 Å². The predicted molar refractivity (Wildman–Crippen MR) is 145 cm³/mol. The summed E-state index contributed by atoms with van der Waals surface area (Å²) in [7, 11) is 6.12. The van der Waals surface area contributed by atoms with Crippen LogP contribution >= 0.6 is 0 Å². The zero-order valence-corrected chi connectivity index (χ0v) is 20.7. The molecule has 0 atom stereocenters. The first-order valence-electron chi connectivity index (χ1n) is 11.6. The molecule has 0 saturated carbocycles. The molecule has 1 saturated heterocycles. The van der Waals surface area contributed by atoms with Crippen LogP contribution in [0.3, 0.4) is 0 Å². The fourth-order valence-corrected chi connectivity index (χ4v) is 4.09. The Balaban J connectivity index is 1.78. The fourth-order valence-electron chi connectivity index (χ4n) is 4.09. The standard InChI is InChI=1S/C28H36N6/c1-7-25(17-24-16-23(9-8-20(24)2)27(29)19-30-4)32-21(3)22-10-13-31-28(18-22)34(6)26-11-14-33(5)15-12-26/h1,8-10,13,16-19,26,30,32H,3,11-12,14-15,29H2,2,4-6H3/b25-17+,27-19-. The molecular formula is C28H36N6. The zero-order chi connectivity index (χ0) is 24.7. The molecule has 34 heavy (non-hydrogen) atoms. The summed E-state index contributed by atoms with van der Waals surface area (Å²) in [5.41, 5.74) is 12.1. The van der Waals surface area contributed by atoms with Gasteiger partial charge in [0, 0.05) is 43.8 Å². The largest absolute Gasteiger partial charge is 0.397 e. The van der Waals surface area contributed by atoms with E-state index in [-0.39, 0.29) is 0 Å². The second-order valence-corrected chi connectivity index (χ2v) is 8.81. The van der Waals surface area contributed by atoms with Gasteiger partial charge in [0.1, 0.15) is 5.82 Å². The summed E-state index contributed by atoms with van der Waals surface area (Å²) in [4.78, 5) is 9.25. The van der Waals surface area contributed by atoms with Crippen molar-refractivity contribution >= 4 is 23.3 Å². The molecule has 1 aliphatic heterocycles. The Bertz CT molecular complexity index is 1120. The minimum Gasteiger partial charge on any atom is -0.397 e. The maximum atomic E-state index is 6.14. The van der Waals surface area contributed by atoms with Gasteiger partial charge in [0.05, 0.1) is 11.4 Å². The number of pyridine rings is 1. The van der Waals surface area contributed by atoms with Gasteiger partial charge in [-0.25, -0.2) is 4.98 Å². The number of hydrogen-bond donors (Lipinski definition) is 3. The molecule has 1 aliphatic rings. The molecule has 4 N–H and O–H groups in total. The van der Waals surface area contributed by atoms with Crippen molar-refractivity contribution in [3.63, 3.8) is 0 Å². The summed E-state index contributed by atoms with van der Waals surface area (Å²) in [5.74, 6) is 3.69. The summed E-state index contributed by atoms with van der Waals surface area (Å²) < 4.78 is 0. The van der Waals surface area contributed by atoms with Crippen molar-refractivity contribution in [1.82, 2.24) is 20.5 Å². The molecule has 1 aromatic heterocycles. The molecule has 0 unspecified atom stereocenters. The van der Waals surface area contributed by atoms with Gasteiger partial charge in [-0.2, -0.15) is 0 Å². The lowest BCUT2D eigenvalue weighted by Crippen LogP contribution is -2.42. The lowest BCUT2D eigenvalue weighted by molar-refractivity contribution is 0.252. The van der Waals surface area contributed by atoms with Crippen molar-refractivity contribution in [2.75, 3.05) is 39.1 Å². The van der Waals surface area contributed by atoms with E-state index in [1.165, 1.54) is 0 Å². The Labute approximate surface area is 204 Å². The molecule has 6 heteroatoms. The summed E-state index contributed by atoms with van der Waals surface area (Å²) in [6, 6.07) is 10.6. The van der Waals surface area contributed by atoms with Gasteiger partial charge in [-0.05, 0) is 80.9 Å². The minimum atomic E-state index is 0.487. The molecule has 178 valence electrons. The number of aromatic nitrogens is 1. The average molecular weight is 457 g/mol. The van der Waals surface area contributed by atoms with Crippen LogP contribution in [0.2, 0.25) is 0 Å². The van der Waals surface area contributed by atoms with Crippen LogP contribution in [0.5, 0.6) is 0 Å². The van der Waals surface area contributed by atoms with E-state index in [2.05, 4.69) is 58.1 Å². The quantitative estimate of drug-likeness (QED) is 0.527. The van der Waals surface area contributed by atoms with E-state index >= 15 is 0 Å². The van der Waals surface area contributed by atoms with Crippen molar-refractivity contribution in [3.05, 3.63) is 77.3 Å². The summed E-state index contributed by atoms with van der Waals surface area (Å²) in [6.45, 7) is 8.49. The van der Waals surface area contributed by atoms with Crippen molar-refractivity contribution in [1.29, 1.82) is 0 Å². The Morgan fingerprint density at radius 3 is 2.68 bits per heavy atom. The Morgan fingerprint density at radius 2 is 2.00 bits per heavy atom. The summed E-state index contributed by atoms with van der Waals surface area (Å²) in [5, 5.41) is 6.27. The normalized spacial score (nSPS) is 15.5. The Morgan fingerprint density at radius 1 is 1.26 bits per heavy atom. The number of nitrogens with one attached hydrogen (secondary N) is 2. The lowest BCUT2D eigenvalue weighted by Gasteiger charge is -2.35. The molecule has 3 rings (SSSR count). The number of likely N-dealkylation sites (tertiary alicyclic amines) is 1. The molecule has 0 radical (unpaired) electrons. The third-order valence-electron chi connectivity index (χ3n) is 6.34. The minimum absolute atomic E-state index is 0.487. The van der Waals surface area contributed by atoms with Crippen molar-refractivity contribution < 1.29 is 0 Å². The molecule has 0 spiro atoms. The molecule has 6 nitrogen and oxygen atoms in total. The topological polar surface area (TPSA) is 69.4 Å². The van der Waals surface area contributed by atoms with Gasteiger partial charge in [-0.3, -0.25) is 0 Å². The van der Waals surface area contributed by atoms with E-state index < -0.39 is 0 Å². The molecule has 0 amide bonds. The van der Waals surface area contributed by atoms with Crippen LogP contribution in [-0.4, -0.2) is 50.2 Å². The Hall–Kier alpha value is -3.69. The molecular weight excluding hydrogens is 420 g/mol. The third kappa shape index (κ3) is 6.21. The highest BCUT2D eigenvalue weighted by atomic mass is 15.2. The Kier molecular flexibility index (Phi) is 8.39. The van der Waals surface area contributed by atoms with Crippen LogP contribution in [0.15, 0.2) is 55.0 Å². The molecule has 0 bridgehead atoms. The van der Waals surface area contributed by atoms with E-state index in [4.69, 9.17) is 12.2 Å². The molecule has 2 heterocycles. The molecule has 0 aliphatic carbocycles. The van der Waals surface area contributed by atoms with E-state index in [0.29, 0.717) is 17.4 Å². The second kappa shape index (κ2) is 11.4. The summed E-state index contributed by atoms with van der Waals surface area (Å²) in [6.07, 6.45) is 13.6. The van der Waals surface area contributed by atoms with E-state index in [1.807, 2.05) is 50.5 Å². The zero-order valence-electron chi connectivity index (χ0n) is 20.7. The monoisotopic (exact) mass is 456 g/mol. The number of allylic oxidation sites excluding steroid dienone is 1. The van der Waals surface area contributed by atoms with E-state index in [1.54, 1.807) is 6.20 Å². The van der Waals surface area contributed by atoms with E-state index in [9.17, 15) is 0 Å². The van der Waals surface area contributed by atoms with Gasteiger partial charge >= 0.3 is 0 Å². The SMILES string of the molecule is C#C/C(=C\c1cc(/C(N)=C/NC)ccc1C)NC(=C)c1ccnc(N(C)C2CCN(C)CC2)c1. The van der Waals surface area contributed by atoms with E-state index in [0.717, 1.165) is 59.7 Å².